The first-order valence-electron chi connectivity index (χ1n) is 1.66. The fourth-order valence-electron chi connectivity index (χ4n) is 0.312. The maximum absolute atomic E-state index is 3.14. The summed E-state index contributed by atoms with van der Waals surface area (Å²) in [6, 6.07) is 0. The van der Waals surface area contributed by atoms with Crippen LogP contribution in [-0.2, 0) is 0 Å². The van der Waals surface area contributed by atoms with E-state index in [4.69, 9.17) is 0 Å². The van der Waals surface area contributed by atoms with Gasteiger partial charge in [0.25, 0.3) is 0 Å². The van der Waals surface area contributed by atoms with Gasteiger partial charge in [-0.3, -0.25) is 10.4 Å². The van der Waals surface area contributed by atoms with Crippen molar-refractivity contribution in [2.75, 3.05) is 13.0 Å². The third-order valence-corrected chi connectivity index (χ3v) is 1.41. The lowest BCUT2D eigenvalue weighted by atomic mass is 11.1. The summed E-state index contributed by atoms with van der Waals surface area (Å²) >= 11 is 0. The third-order valence-electron chi connectivity index (χ3n) is 0.552. The van der Waals surface area contributed by atoms with Gasteiger partial charge >= 0.3 is 0 Å². The van der Waals surface area contributed by atoms with Gasteiger partial charge in [-0.2, -0.15) is 0 Å². The molecule has 0 saturated carbocycles. The van der Waals surface area contributed by atoms with Crippen LogP contribution in [0.25, 0.3) is 0 Å². The highest BCUT2D eigenvalue weighted by Gasteiger charge is 1.90. The smallest absolute Gasteiger partial charge is 0.0489 e. The molecule has 0 radical (unpaired) electrons. The van der Waals surface area contributed by atoms with E-state index in [0.717, 1.165) is 15.4 Å². The average Bonchev–Trinajstić information content (AvgIpc) is 1.76. The van der Waals surface area contributed by atoms with Crippen molar-refractivity contribution in [3.8, 4) is 0 Å². The molecular formula is C2H7N2P. The van der Waals surface area contributed by atoms with Gasteiger partial charge in [-0.05, 0) is 8.73 Å². The van der Waals surface area contributed by atoms with E-state index >= 15 is 0 Å². The minimum absolute atomic E-state index is 0.948. The summed E-state index contributed by atoms with van der Waals surface area (Å²) < 4.78 is 0. The van der Waals surface area contributed by atoms with E-state index < -0.39 is 0 Å². The largest absolute Gasteiger partial charge is 0.299 e. The molecule has 1 fully saturated rings. The molecule has 1 aliphatic heterocycles. The van der Waals surface area contributed by atoms with Crippen LogP contribution in [0.2, 0.25) is 0 Å². The Morgan fingerprint density at radius 3 is 2.80 bits per heavy atom. The summed E-state index contributed by atoms with van der Waals surface area (Å²) in [4.78, 5) is 0. The second kappa shape index (κ2) is 1.71. The summed E-state index contributed by atoms with van der Waals surface area (Å²) in [5.74, 6) is 0. The molecule has 0 aromatic heterocycles. The summed E-state index contributed by atoms with van der Waals surface area (Å²) in [5.41, 5.74) is 0. The SMILES string of the molecule is C1NCPN1. The predicted octanol–water partition coefficient (Wildman–Crippen LogP) is -0.312. The van der Waals surface area contributed by atoms with Gasteiger partial charge in [0.1, 0.15) is 0 Å². The zero-order chi connectivity index (χ0) is 3.54. The molecule has 1 heterocycles. The van der Waals surface area contributed by atoms with Crippen LogP contribution in [0.15, 0.2) is 0 Å². The van der Waals surface area contributed by atoms with Gasteiger partial charge in [0.05, 0.1) is 0 Å². The summed E-state index contributed by atoms with van der Waals surface area (Å²) in [7, 11) is 0.948. The lowest BCUT2D eigenvalue weighted by Gasteiger charge is -1.76. The van der Waals surface area contributed by atoms with E-state index in [-0.39, 0.29) is 0 Å². The monoisotopic (exact) mass is 90.0 g/mol. The quantitative estimate of drug-likeness (QED) is 0.398. The van der Waals surface area contributed by atoms with Crippen molar-refractivity contribution in [2.45, 2.75) is 0 Å². The minimum atomic E-state index is 0.948. The van der Waals surface area contributed by atoms with Crippen molar-refractivity contribution in [3.05, 3.63) is 0 Å². The van der Waals surface area contributed by atoms with Crippen LogP contribution in [0.4, 0.5) is 0 Å². The van der Waals surface area contributed by atoms with E-state index in [0.29, 0.717) is 0 Å². The van der Waals surface area contributed by atoms with Gasteiger partial charge in [0.2, 0.25) is 0 Å². The summed E-state index contributed by atoms with van der Waals surface area (Å²) in [6.45, 7) is 1.01. The molecule has 1 saturated heterocycles. The first-order valence-corrected chi connectivity index (χ1v) is 2.87. The molecule has 2 nitrogen and oxygen atoms in total. The fourth-order valence-corrected chi connectivity index (χ4v) is 0.937. The Balaban J connectivity index is 2.08. The highest BCUT2D eigenvalue weighted by molar-refractivity contribution is 7.35. The molecule has 0 spiro atoms. The second-order valence-electron chi connectivity index (χ2n) is 0.957. The normalized spacial score (nSPS) is 28.8. The average molecular weight is 90.1 g/mol. The molecule has 3 heteroatoms. The highest BCUT2D eigenvalue weighted by Crippen LogP contribution is 2.01. The molecule has 0 aromatic carbocycles. The molecule has 5 heavy (non-hydrogen) atoms. The van der Waals surface area contributed by atoms with E-state index in [2.05, 4.69) is 10.4 Å². The molecule has 1 atom stereocenters. The molecule has 0 bridgehead atoms. The molecule has 0 aromatic rings. The minimum Gasteiger partial charge on any atom is -0.299 e. The van der Waals surface area contributed by atoms with Crippen LogP contribution >= 0.6 is 8.73 Å². The lowest BCUT2D eigenvalue weighted by Crippen LogP contribution is -2.10. The molecule has 1 aliphatic rings. The predicted molar refractivity (Wildman–Crippen MR) is 24.3 cm³/mol. The second-order valence-corrected chi connectivity index (χ2v) is 2.02. The van der Waals surface area contributed by atoms with Crippen molar-refractivity contribution in [1.82, 2.24) is 10.4 Å². The van der Waals surface area contributed by atoms with Crippen molar-refractivity contribution < 1.29 is 0 Å². The molecule has 1 unspecified atom stereocenters. The molecule has 1 rings (SSSR count). The van der Waals surface area contributed by atoms with Crippen LogP contribution in [-0.4, -0.2) is 13.0 Å². The molecule has 0 amide bonds. The van der Waals surface area contributed by atoms with Gasteiger partial charge < -0.3 is 0 Å². The number of rotatable bonds is 0. The molecular weight excluding hydrogens is 83.0 g/mol. The van der Waals surface area contributed by atoms with Crippen LogP contribution in [0, 0.1) is 0 Å². The summed E-state index contributed by atoms with van der Waals surface area (Å²) in [5, 5.41) is 6.26. The molecule has 0 aliphatic carbocycles. The van der Waals surface area contributed by atoms with Gasteiger partial charge in [0.15, 0.2) is 0 Å². The van der Waals surface area contributed by atoms with E-state index in [1.807, 2.05) is 0 Å². The number of hydrogen-bond donors (Lipinski definition) is 2. The zero-order valence-electron chi connectivity index (χ0n) is 2.91. The Labute approximate surface area is 33.2 Å². The fraction of sp³-hybridized carbons (Fsp3) is 1.00. The van der Waals surface area contributed by atoms with E-state index in [1.165, 1.54) is 6.29 Å². The molecule has 30 valence electrons. The van der Waals surface area contributed by atoms with Gasteiger partial charge in [-0.1, -0.05) is 0 Å². The number of hydrogen-bond acceptors (Lipinski definition) is 2. The number of nitrogens with one attached hydrogen (secondary N) is 2. The Bertz CT molecular complexity index is 19.2. The Kier molecular flexibility index (Phi) is 1.21. The summed E-state index contributed by atoms with van der Waals surface area (Å²) in [6.07, 6.45) is 1.17. The Morgan fingerprint density at radius 2 is 2.60 bits per heavy atom. The Hall–Kier alpha value is 0.350. The van der Waals surface area contributed by atoms with Crippen LogP contribution in [0.5, 0.6) is 0 Å². The van der Waals surface area contributed by atoms with Crippen LogP contribution < -0.4 is 10.4 Å². The van der Waals surface area contributed by atoms with E-state index in [1.54, 1.807) is 0 Å². The third kappa shape index (κ3) is 0.839. The van der Waals surface area contributed by atoms with Crippen molar-refractivity contribution in [1.29, 1.82) is 0 Å². The molecule has 2 N–H and O–H groups in total. The maximum atomic E-state index is 3.14. The first kappa shape index (κ1) is 3.54. The maximum Gasteiger partial charge on any atom is 0.0489 e. The van der Waals surface area contributed by atoms with Crippen molar-refractivity contribution in [3.63, 3.8) is 0 Å². The van der Waals surface area contributed by atoms with Crippen molar-refractivity contribution >= 4 is 8.73 Å². The van der Waals surface area contributed by atoms with Crippen LogP contribution in [0.1, 0.15) is 0 Å². The first-order chi connectivity index (χ1) is 2.50. The van der Waals surface area contributed by atoms with Crippen LogP contribution in [0.3, 0.4) is 0 Å². The topological polar surface area (TPSA) is 24.1 Å². The van der Waals surface area contributed by atoms with Gasteiger partial charge in [0, 0.05) is 13.0 Å². The van der Waals surface area contributed by atoms with Crippen molar-refractivity contribution in [2.24, 2.45) is 0 Å². The van der Waals surface area contributed by atoms with E-state index in [9.17, 15) is 0 Å². The zero-order valence-corrected chi connectivity index (χ0v) is 3.91. The highest BCUT2D eigenvalue weighted by atomic mass is 31.1. The lowest BCUT2D eigenvalue weighted by molar-refractivity contribution is 0.819. The standard InChI is InChI=1S/C2H7N2P/c1-3-2-5-4-1/h3-5H,1-2H2. The van der Waals surface area contributed by atoms with Gasteiger partial charge in [-0.15, -0.1) is 0 Å². The Morgan fingerprint density at radius 1 is 1.60 bits per heavy atom. The van der Waals surface area contributed by atoms with Gasteiger partial charge in [-0.25, -0.2) is 0 Å².